The van der Waals surface area contributed by atoms with E-state index in [-0.39, 0.29) is 0 Å². The van der Waals surface area contributed by atoms with Crippen LogP contribution in [0.2, 0.25) is 0 Å². The lowest BCUT2D eigenvalue weighted by molar-refractivity contribution is 0.678. The van der Waals surface area contributed by atoms with Gasteiger partial charge in [-0.15, -0.1) is 0 Å². The number of hydrogen-bond acceptors (Lipinski definition) is 3. The van der Waals surface area contributed by atoms with Crippen LogP contribution in [0.4, 0.5) is 5.69 Å². The van der Waals surface area contributed by atoms with Gasteiger partial charge in [0.1, 0.15) is 0 Å². The lowest BCUT2D eigenvalue weighted by atomic mass is 10.1. The third-order valence-electron chi connectivity index (χ3n) is 3.79. The van der Waals surface area contributed by atoms with Crippen molar-refractivity contribution in [3.8, 4) is 0 Å². The highest BCUT2D eigenvalue weighted by molar-refractivity contribution is 5.54. The molecule has 0 spiro atoms. The smallest absolute Gasteiger partial charge is 0.0541 e. The number of hydrogen-bond donors (Lipinski definition) is 1. The molecule has 3 rings (SSSR count). The Morgan fingerprint density at radius 3 is 2.55 bits per heavy atom. The van der Waals surface area contributed by atoms with Gasteiger partial charge in [-0.2, -0.15) is 0 Å². The summed E-state index contributed by atoms with van der Waals surface area (Å²) in [5.41, 5.74) is 3.86. The molecule has 3 nitrogen and oxygen atoms in total. The normalized spacial score (nSPS) is 14.7. The van der Waals surface area contributed by atoms with Gasteiger partial charge in [-0.05, 0) is 36.6 Å². The van der Waals surface area contributed by atoms with Gasteiger partial charge >= 0.3 is 0 Å². The molecular weight excluding hydrogens is 246 g/mol. The SMILES string of the molecule is c1ccc(CNCc2ccccc2N2CCCC2)nc1. The highest BCUT2D eigenvalue weighted by Gasteiger charge is 2.14. The maximum atomic E-state index is 4.34. The fraction of sp³-hybridized carbons (Fsp3) is 0.353. The van der Waals surface area contributed by atoms with Gasteiger partial charge in [-0.3, -0.25) is 4.98 Å². The molecule has 1 N–H and O–H groups in total. The lowest BCUT2D eigenvalue weighted by Gasteiger charge is -2.21. The van der Waals surface area contributed by atoms with Crippen molar-refractivity contribution in [1.82, 2.24) is 10.3 Å². The number of benzene rings is 1. The van der Waals surface area contributed by atoms with Crippen molar-refractivity contribution in [1.29, 1.82) is 0 Å². The van der Waals surface area contributed by atoms with E-state index in [9.17, 15) is 0 Å². The van der Waals surface area contributed by atoms with E-state index in [0.717, 1.165) is 18.8 Å². The molecule has 1 aromatic carbocycles. The van der Waals surface area contributed by atoms with Gasteiger partial charge in [-0.25, -0.2) is 0 Å². The van der Waals surface area contributed by atoms with E-state index in [1.807, 2.05) is 18.3 Å². The van der Waals surface area contributed by atoms with Crippen LogP contribution in [0.1, 0.15) is 24.1 Å². The number of nitrogens with zero attached hydrogens (tertiary/aromatic N) is 2. The van der Waals surface area contributed by atoms with E-state index in [1.165, 1.54) is 37.2 Å². The first kappa shape index (κ1) is 13.1. The van der Waals surface area contributed by atoms with Gasteiger partial charge in [0.2, 0.25) is 0 Å². The number of pyridine rings is 1. The van der Waals surface area contributed by atoms with Crippen LogP contribution in [-0.4, -0.2) is 18.1 Å². The topological polar surface area (TPSA) is 28.2 Å². The maximum Gasteiger partial charge on any atom is 0.0541 e. The Bertz CT molecular complexity index is 533. The molecule has 0 atom stereocenters. The Labute approximate surface area is 120 Å². The summed E-state index contributed by atoms with van der Waals surface area (Å²) in [6.45, 7) is 4.09. The van der Waals surface area contributed by atoms with Gasteiger partial charge in [0, 0.05) is 38.1 Å². The first-order chi connectivity index (χ1) is 9.93. The largest absolute Gasteiger partial charge is 0.371 e. The summed E-state index contributed by atoms with van der Waals surface area (Å²) in [6.07, 6.45) is 4.47. The van der Waals surface area contributed by atoms with E-state index in [0.29, 0.717) is 0 Å². The molecule has 1 saturated heterocycles. The fourth-order valence-corrected chi connectivity index (χ4v) is 2.75. The molecule has 3 heteroatoms. The minimum absolute atomic E-state index is 0.815. The molecule has 1 aliphatic heterocycles. The molecule has 0 bridgehead atoms. The average molecular weight is 267 g/mol. The molecule has 0 unspecified atom stereocenters. The number of nitrogens with one attached hydrogen (secondary N) is 1. The summed E-state index contributed by atoms with van der Waals surface area (Å²) >= 11 is 0. The van der Waals surface area contributed by atoms with Gasteiger partial charge in [0.25, 0.3) is 0 Å². The van der Waals surface area contributed by atoms with E-state index in [4.69, 9.17) is 0 Å². The van der Waals surface area contributed by atoms with Crippen LogP contribution in [0.3, 0.4) is 0 Å². The maximum absolute atomic E-state index is 4.34. The zero-order valence-corrected chi connectivity index (χ0v) is 11.8. The average Bonchev–Trinajstić information content (AvgIpc) is 3.03. The summed E-state index contributed by atoms with van der Waals surface area (Å²) in [5, 5.41) is 3.49. The van der Waals surface area contributed by atoms with Crippen molar-refractivity contribution >= 4 is 5.69 Å². The minimum atomic E-state index is 0.815. The van der Waals surface area contributed by atoms with Gasteiger partial charge in [-0.1, -0.05) is 24.3 Å². The van der Waals surface area contributed by atoms with Gasteiger partial charge in [0.05, 0.1) is 5.69 Å². The Balaban J connectivity index is 1.62. The Kier molecular flexibility index (Phi) is 4.28. The monoisotopic (exact) mass is 267 g/mol. The van der Waals surface area contributed by atoms with Crippen molar-refractivity contribution < 1.29 is 0 Å². The van der Waals surface area contributed by atoms with Crippen LogP contribution in [0, 0.1) is 0 Å². The quantitative estimate of drug-likeness (QED) is 0.902. The second-order valence-corrected chi connectivity index (χ2v) is 5.25. The van der Waals surface area contributed by atoms with E-state index < -0.39 is 0 Å². The van der Waals surface area contributed by atoms with Gasteiger partial charge < -0.3 is 10.2 Å². The molecule has 1 fully saturated rings. The lowest BCUT2D eigenvalue weighted by Crippen LogP contribution is -2.21. The van der Waals surface area contributed by atoms with Crippen molar-refractivity contribution in [2.45, 2.75) is 25.9 Å². The zero-order valence-electron chi connectivity index (χ0n) is 11.8. The number of para-hydroxylation sites is 1. The molecule has 2 aromatic rings. The van der Waals surface area contributed by atoms with Crippen LogP contribution in [-0.2, 0) is 13.1 Å². The van der Waals surface area contributed by atoms with Crippen molar-refractivity contribution in [2.24, 2.45) is 0 Å². The molecule has 0 saturated carbocycles. The van der Waals surface area contributed by atoms with Crippen LogP contribution < -0.4 is 10.2 Å². The van der Waals surface area contributed by atoms with E-state index >= 15 is 0 Å². The number of aromatic nitrogens is 1. The Morgan fingerprint density at radius 1 is 0.950 bits per heavy atom. The Morgan fingerprint density at radius 2 is 1.75 bits per heavy atom. The molecule has 2 heterocycles. The molecule has 1 aromatic heterocycles. The summed E-state index contributed by atoms with van der Waals surface area (Å²) in [5.74, 6) is 0. The zero-order chi connectivity index (χ0) is 13.6. The summed E-state index contributed by atoms with van der Waals surface area (Å²) < 4.78 is 0. The van der Waals surface area contributed by atoms with Crippen molar-refractivity contribution in [2.75, 3.05) is 18.0 Å². The first-order valence-corrected chi connectivity index (χ1v) is 7.37. The van der Waals surface area contributed by atoms with Crippen molar-refractivity contribution in [3.05, 3.63) is 59.9 Å². The summed E-state index contributed by atoms with van der Waals surface area (Å²) in [6, 6.07) is 14.8. The predicted octanol–water partition coefficient (Wildman–Crippen LogP) is 2.97. The highest BCUT2D eigenvalue weighted by atomic mass is 15.1. The molecule has 20 heavy (non-hydrogen) atoms. The standard InChI is InChI=1S/C17H21N3/c1-2-9-17(20-11-5-6-12-20)15(7-1)13-18-14-16-8-3-4-10-19-16/h1-4,7-10,18H,5-6,11-14H2. The second kappa shape index (κ2) is 6.53. The highest BCUT2D eigenvalue weighted by Crippen LogP contribution is 2.24. The first-order valence-electron chi connectivity index (χ1n) is 7.37. The molecule has 104 valence electrons. The van der Waals surface area contributed by atoms with Gasteiger partial charge in [0.15, 0.2) is 0 Å². The predicted molar refractivity (Wildman–Crippen MR) is 82.7 cm³/mol. The molecule has 0 radical (unpaired) electrons. The van der Waals surface area contributed by atoms with Crippen molar-refractivity contribution in [3.63, 3.8) is 0 Å². The number of rotatable bonds is 5. The van der Waals surface area contributed by atoms with Crippen LogP contribution in [0.5, 0.6) is 0 Å². The van der Waals surface area contributed by atoms with Crippen LogP contribution in [0.15, 0.2) is 48.7 Å². The molecular formula is C17H21N3. The molecule has 1 aliphatic rings. The van der Waals surface area contributed by atoms with E-state index in [2.05, 4.69) is 45.5 Å². The van der Waals surface area contributed by atoms with E-state index in [1.54, 1.807) is 0 Å². The fourth-order valence-electron chi connectivity index (χ4n) is 2.75. The minimum Gasteiger partial charge on any atom is -0.371 e. The molecule has 0 aliphatic carbocycles. The number of anilines is 1. The third kappa shape index (κ3) is 3.17. The summed E-state index contributed by atoms with van der Waals surface area (Å²) in [4.78, 5) is 6.83. The second-order valence-electron chi connectivity index (χ2n) is 5.25. The summed E-state index contributed by atoms with van der Waals surface area (Å²) in [7, 11) is 0. The van der Waals surface area contributed by atoms with Crippen LogP contribution in [0.25, 0.3) is 0 Å². The molecule has 0 amide bonds. The third-order valence-corrected chi connectivity index (χ3v) is 3.79. The Hall–Kier alpha value is -1.87. The van der Waals surface area contributed by atoms with Crippen LogP contribution >= 0.6 is 0 Å².